The highest BCUT2D eigenvalue weighted by Gasteiger charge is 2.23. The van der Waals surface area contributed by atoms with Crippen molar-refractivity contribution in [1.82, 2.24) is 9.88 Å². The Kier molecular flexibility index (Phi) is 4.37. The van der Waals surface area contributed by atoms with Crippen molar-refractivity contribution in [2.75, 3.05) is 6.54 Å². The first-order valence-corrected chi connectivity index (χ1v) is 6.71. The first-order valence-electron chi connectivity index (χ1n) is 6.71. The summed E-state index contributed by atoms with van der Waals surface area (Å²) in [5, 5.41) is 12.7. The lowest BCUT2D eigenvalue weighted by Gasteiger charge is -2.18. The summed E-state index contributed by atoms with van der Waals surface area (Å²) in [7, 11) is 1.60. The summed E-state index contributed by atoms with van der Waals surface area (Å²) < 4.78 is 1.36. The fraction of sp³-hybridized carbons (Fsp3) is 0.571. The van der Waals surface area contributed by atoms with Gasteiger partial charge in [-0.2, -0.15) is 0 Å². The largest absolute Gasteiger partial charge is 0.391 e. The molecule has 0 saturated heterocycles. The van der Waals surface area contributed by atoms with Gasteiger partial charge in [0.05, 0.1) is 11.7 Å². The fourth-order valence-electron chi connectivity index (χ4n) is 2.54. The van der Waals surface area contributed by atoms with Crippen LogP contribution in [0.3, 0.4) is 0 Å². The van der Waals surface area contributed by atoms with E-state index < -0.39 is 6.10 Å². The summed E-state index contributed by atoms with van der Waals surface area (Å²) in [6.07, 6.45) is 5.43. The van der Waals surface area contributed by atoms with E-state index in [4.69, 9.17) is 0 Å². The molecule has 2 N–H and O–H groups in total. The number of nitrogens with zero attached hydrogens (tertiary/aromatic N) is 1. The lowest BCUT2D eigenvalue weighted by Crippen LogP contribution is -2.36. The van der Waals surface area contributed by atoms with Crippen LogP contribution < -0.4 is 10.9 Å². The maximum Gasteiger partial charge on any atom is 0.252 e. The van der Waals surface area contributed by atoms with E-state index in [1.165, 1.54) is 22.9 Å². The number of hydrogen-bond acceptors (Lipinski definition) is 3. The predicted octanol–water partition coefficient (Wildman–Crippen LogP) is 0.666. The van der Waals surface area contributed by atoms with E-state index in [0.717, 1.165) is 25.7 Å². The second-order valence-electron chi connectivity index (χ2n) is 5.19. The minimum absolute atomic E-state index is 0.150. The third-order valence-electron chi connectivity index (χ3n) is 3.76. The molecule has 1 amide bonds. The van der Waals surface area contributed by atoms with Crippen LogP contribution in [0.15, 0.2) is 23.1 Å². The molecule has 0 spiro atoms. The van der Waals surface area contributed by atoms with Crippen LogP contribution in [0.2, 0.25) is 0 Å². The van der Waals surface area contributed by atoms with Gasteiger partial charge in [0.15, 0.2) is 0 Å². The molecular formula is C14H20N2O3. The van der Waals surface area contributed by atoms with Crippen molar-refractivity contribution < 1.29 is 9.90 Å². The smallest absolute Gasteiger partial charge is 0.252 e. The number of carbonyl (C=O) groups is 1. The zero-order valence-corrected chi connectivity index (χ0v) is 11.1. The molecule has 0 bridgehead atoms. The van der Waals surface area contributed by atoms with Crippen molar-refractivity contribution in [1.29, 1.82) is 0 Å². The average molecular weight is 264 g/mol. The van der Waals surface area contributed by atoms with Gasteiger partial charge < -0.3 is 15.0 Å². The molecule has 0 radical (unpaired) electrons. The standard InChI is InChI=1S/C14H20N2O3/c1-16-9-11(6-7-13(16)18)14(19)15-8-12(17)10-4-2-3-5-10/h6-7,9-10,12,17H,2-5,8H2,1H3,(H,15,19). The van der Waals surface area contributed by atoms with Gasteiger partial charge in [0.2, 0.25) is 5.56 Å². The van der Waals surface area contributed by atoms with E-state index in [9.17, 15) is 14.7 Å². The molecule has 2 rings (SSSR count). The highest BCUT2D eigenvalue weighted by molar-refractivity contribution is 5.93. The molecule has 1 unspecified atom stereocenters. The van der Waals surface area contributed by atoms with Gasteiger partial charge in [-0.25, -0.2) is 0 Å². The topological polar surface area (TPSA) is 71.3 Å². The van der Waals surface area contributed by atoms with E-state index in [0.29, 0.717) is 11.5 Å². The average Bonchev–Trinajstić information content (AvgIpc) is 2.92. The number of carbonyl (C=O) groups excluding carboxylic acids is 1. The molecule has 104 valence electrons. The normalized spacial score (nSPS) is 17.4. The van der Waals surface area contributed by atoms with Crippen LogP contribution in [0.1, 0.15) is 36.0 Å². The van der Waals surface area contributed by atoms with E-state index in [2.05, 4.69) is 5.32 Å². The zero-order chi connectivity index (χ0) is 13.8. The molecular weight excluding hydrogens is 244 g/mol. The summed E-state index contributed by atoms with van der Waals surface area (Å²) in [6.45, 7) is 0.270. The number of nitrogens with one attached hydrogen (secondary N) is 1. The van der Waals surface area contributed by atoms with Gasteiger partial charge in [-0.05, 0) is 24.8 Å². The Morgan fingerprint density at radius 3 is 2.79 bits per heavy atom. The van der Waals surface area contributed by atoms with Gasteiger partial charge in [-0.3, -0.25) is 9.59 Å². The van der Waals surface area contributed by atoms with Gasteiger partial charge in [-0.15, -0.1) is 0 Å². The number of hydrogen-bond donors (Lipinski definition) is 2. The Bertz CT molecular complexity index is 504. The molecule has 5 heteroatoms. The summed E-state index contributed by atoms with van der Waals surface area (Å²) >= 11 is 0. The molecule has 0 aliphatic heterocycles. The molecule has 1 fully saturated rings. The number of aromatic nitrogens is 1. The Balaban J connectivity index is 1.89. The van der Waals surface area contributed by atoms with Gasteiger partial charge in [-0.1, -0.05) is 12.8 Å². The maximum atomic E-state index is 11.9. The first-order chi connectivity index (χ1) is 9.08. The van der Waals surface area contributed by atoms with Crippen LogP contribution in [-0.2, 0) is 7.05 Å². The second kappa shape index (κ2) is 6.02. The lowest BCUT2D eigenvalue weighted by atomic mass is 10.0. The number of pyridine rings is 1. The fourth-order valence-corrected chi connectivity index (χ4v) is 2.54. The van der Waals surface area contributed by atoms with Gasteiger partial charge in [0, 0.05) is 25.9 Å². The van der Waals surface area contributed by atoms with E-state index in [-0.39, 0.29) is 18.0 Å². The predicted molar refractivity (Wildman–Crippen MR) is 72.0 cm³/mol. The SMILES string of the molecule is Cn1cc(C(=O)NCC(O)C2CCCC2)ccc1=O. The zero-order valence-electron chi connectivity index (χ0n) is 11.1. The van der Waals surface area contributed by atoms with Crippen molar-refractivity contribution in [3.63, 3.8) is 0 Å². The molecule has 1 aromatic rings. The van der Waals surface area contributed by atoms with Crippen molar-refractivity contribution in [2.24, 2.45) is 13.0 Å². The van der Waals surface area contributed by atoms with Crippen molar-refractivity contribution in [3.05, 3.63) is 34.2 Å². The van der Waals surface area contributed by atoms with Gasteiger partial charge in [0.25, 0.3) is 5.91 Å². The lowest BCUT2D eigenvalue weighted by molar-refractivity contribution is 0.0840. The van der Waals surface area contributed by atoms with E-state index >= 15 is 0 Å². The van der Waals surface area contributed by atoms with Crippen LogP contribution in [0.25, 0.3) is 0 Å². The molecule has 0 aromatic carbocycles. The summed E-state index contributed by atoms with van der Waals surface area (Å²) in [4.78, 5) is 23.1. The quantitative estimate of drug-likeness (QED) is 0.839. The van der Waals surface area contributed by atoms with Crippen molar-refractivity contribution in [3.8, 4) is 0 Å². The van der Waals surface area contributed by atoms with Gasteiger partial charge >= 0.3 is 0 Å². The molecule has 1 aliphatic carbocycles. The van der Waals surface area contributed by atoms with Crippen LogP contribution in [0.5, 0.6) is 0 Å². The molecule has 5 nitrogen and oxygen atoms in total. The van der Waals surface area contributed by atoms with Crippen molar-refractivity contribution >= 4 is 5.91 Å². The minimum Gasteiger partial charge on any atom is -0.391 e. The van der Waals surface area contributed by atoms with Crippen LogP contribution in [0.4, 0.5) is 0 Å². The highest BCUT2D eigenvalue weighted by Crippen LogP contribution is 2.27. The second-order valence-corrected chi connectivity index (χ2v) is 5.19. The maximum absolute atomic E-state index is 11.9. The molecule has 1 aliphatic rings. The highest BCUT2D eigenvalue weighted by atomic mass is 16.3. The number of rotatable bonds is 4. The first kappa shape index (κ1) is 13.8. The third kappa shape index (κ3) is 3.44. The number of amides is 1. The van der Waals surface area contributed by atoms with E-state index in [1.807, 2.05) is 0 Å². The summed E-state index contributed by atoms with van der Waals surface area (Å²) in [6, 6.07) is 2.86. The van der Waals surface area contributed by atoms with Crippen LogP contribution in [-0.4, -0.2) is 28.2 Å². The van der Waals surface area contributed by atoms with Crippen LogP contribution in [0, 0.1) is 5.92 Å². The minimum atomic E-state index is -0.473. The monoisotopic (exact) mass is 264 g/mol. The Labute approximate surface area is 112 Å². The van der Waals surface area contributed by atoms with Gasteiger partial charge in [0.1, 0.15) is 0 Å². The number of aliphatic hydroxyl groups is 1. The molecule has 1 aromatic heterocycles. The van der Waals surface area contributed by atoms with Crippen LogP contribution >= 0.6 is 0 Å². The summed E-state index contributed by atoms with van der Waals surface area (Å²) in [5.41, 5.74) is 0.281. The van der Waals surface area contributed by atoms with E-state index in [1.54, 1.807) is 7.05 Å². The Morgan fingerprint density at radius 1 is 1.47 bits per heavy atom. The molecule has 19 heavy (non-hydrogen) atoms. The Hall–Kier alpha value is -1.62. The van der Waals surface area contributed by atoms with Crippen molar-refractivity contribution in [2.45, 2.75) is 31.8 Å². The molecule has 1 atom stereocenters. The summed E-state index contributed by atoms with van der Waals surface area (Å²) in [5.74, 6) is 0.0491. The number of aryl methyl sites for hydroxylation is 1. The molecule has 1 saturated carbocycles. The Morgan fingerprint density at radius 2 is 2.16 bits per heavy atom. The number of aliphatic hydroxyl groups excluding tert-OH is 1. The molecule has 1 heterocycles. The third-order valence-corrected chi connectivity index (χ3v) is 3.76.